The Balaban J connectivity index is 1.72. The number of aromatic nitrogens is 4. The lowest BCUT2D eigenvalue weighted by molar-refractivity contribution is -0.152. The normalized spacial score (nSPS) is 11.2. The highest BCUT2D eigenvalue weighted by atomic mass is 16.5. The molecule has 0 bridgehead atoms. The van der Waals surface area contributed by atoms with E-state index in [0.717, 1.165) is 22.4 Å². The summed E-state index contributed by atoms with van der Waals surface area (Å²) in [6, 6.07) is 12.0. The molecule has 2 aromatic heterocycles. The van der Waals surface area contributed by atoms with Crippen LogP contribution < -0.4 is 9.47 Å². The van der Waals surface area contributed by atoms with Crippen molar-refractivity contribution in [1.29, 1.82) is 0 Å². The van der Waals surface area contributed by atoms with Gasteiger partial charge in [-0.2, -0.15) is 4.98 Å². The maximum Gasteiger partial charge on any atom is 0.335 e. The number of pyridine rings is 1. The van der Waals surface area contributed by atoms with Gasteiger partial charge in [-0.15, -0.1) is 5.10 Å². The second kappa shape index (κ2) is 8.94. The van der Waals surface area contributed by atoms with Crippen LogP contribution in [0.5, 0.6) is 11.9 Å². The van der Waals surface area contributed by atoms with Crippen molar-refractivity contribution in [3.8, 4) is 34.4 Å². The Labute approximate surface area is 175 Å². The number of esters is 1. The van der Waals surface area contributed by atoms with Crippen molar-refractivity contribution >= 4 is 5.97 Å². The number of hydrogen-bond acceptors (Lipinski definition) is 7. The Morgan fingerprint density at radius 3 is 2.37 bits per heavy atom. The van der Waals surface area contributed by atoms with Crippen LogP contribution in [0.25, 0.3) is 22.5 Å². The zero-order valence-corrected chi connectivity index (χ0v) is 17.9. The van der Waals surface area contributed by atoms with Crippen LogP contribution >= 0.6 is 0 Å². The number of nitrogens with one attached hydrogen (secondary N) is 1. The van der Waals surface area contributed by atoms with Crippen molar-refractivity contribution in [1.82, 2.24) is 20.2 Å². The fourth-order valence-electron chi connectivity index (χ4n) is 2.89. The van der Waals surface area contributed by atoms with Crippen molar-refractivity contribution in [3.63, 3.8) is 0 Å². The zero-order valence-electron chi connectivity index (χ0n) is 17.9. The molecular formula is C22H26N4O4. The van der Waals surface area contributed by atoms with Crippen LogP contribution in [0.15, 0.2) is 36.4 Å². The summed E-state index contributed by atoms with van der Waals surface area (Å²) in [7, 11) is 1.37. The van der Waals surface area contributed by atoms with Crippen molar-refractivity contribution in [3.05, 3.63) is 42.1 Å². The van der Waals surface area contributed by atoms with Gasteiger partial charge < -0.3 is 14.2 Å². The van der Waals surface area contributed by atoms with Crippen LogP contribution in [-0.4, -0.2) is 46.5 Å². The maximum absolute atomic E-state index is 11.8. The van der Waals surface area contributed by atoms with Crippen molar-refractivity contribution in [2.24, 2.45) is 5.41 Å². The van der Waals surface area contributed by atoms with E-state index in [-0.39, 0.29) is 12.6 Å². The first kappa shape index (κ1) is 21.3. The Morgan fingerprint density at radius 2 is 1.73 bits per heavy atom. The van der Waals surface area contributed by atoms with E-state index in [9.17, 15) is 4.79 Å². The van der Waals surface area contributed by atoms with E-state index in [1.54, 1.807) is 19.9 Å². The third-order valence-electron chi connectivity index (χ3n) is 4.59. The quantitative estimate of drug-likeness (QED) is 0.564. The fraction of sp³-hybridized carbons (Fsp3) is 0.364. The monoisotopic (exact) mass is 410 g/mol. The van der Waals surface area contributed by atoms with Crippen LogP contribution in [0.4, 0.5) is 0 Å². The minimum Gasteiger partial charge on any atom is -0.476 e. The molecular weight excluding hydrogens is 384 g/mol. The molecule has 158 valence electrons. The highest BCUT2D eigenvalue weighted by molar-refractivity contribution is 5.76. The summed E-state index contributed by atoms with van der Waals surface area (Å²) in [6.07, 6.45) is 0. The molecule has 0 amide bonds. The number of aromatic amines is 1. The molecule has 8 heteroatoms. The second-order valence-corrected chi connectivity index (χ2v) is 7.42. The molecule has 0 unspecified atom stereocenters. The maximum atomic E-state index is 11.8. The van der Waals surface area contributed by atoms with E-state index in [0.29, 0.717) is 24.3 Å². The molecule has 1 N–H and O–H groups in total. The molecule has 30 heavy (non-hydrogen) atoms. The Kier molecular flexibility index (Phi) is 6.34. The third-order valence-corrected chi connectivity index (χ3v) is 4.59. The number of ether oxygens (including phenoxy) is 3. The van der Waals surface area contributed by atoms with Gasteiger partial charge in [0.2, 0.25) is 5.88 Å². The van der Waals surface area contributed by atoms with Crippen molar-refractivity contribution in [2.75, 3.05) is 20.3 Å². The molecule has 2 heterocycles. The highest BCUT2D eigenvalue weighted by Gasteiger charge is 2.30. The topological polar surface area (TPSA) is 99.2 Å². The molecule has 0 atom stereocenters. The molecule has 3 rings (SSSR count). The smallest absolute Gasteiger partial charge is 0.335 e. The van der Waals surface area contributed by atoms with E-state index in [1.165, 1.54) is 7.11 Å². The SMILES string of the molecule is CCOc1n[nH]c(-c2ccc(-c3ccc(OCC(C)(C)C(=O)OC)nc3C)cc2)n1. The average Bonchev–Trinajstić information content (AvgIpc) is 3.21. The summed E-state index contributed by atoms with van der Waals surface area (Å²) < 4.78 is 15.8. The largest absolute Gasteiger partial charge is 0.476 e. The van der Waals surface area contributed by atoms with Gasteiger partial charge in [-0.25, -0.2) is 4.98 Å². The fourth-order valence-corrected chi connectivity index (χ4v) is 2.89. The molecule has 0 aliphatic heterocycles. The lowest BCUT2D eigenvalue weighted by Crippen LogP contribution is -2.32. The van der Waals surface area contributed by atoms with Gasteiger partial charge in [-0.3, -0.25) is 9.89 Å². The first-order chi connectivity index (χ1) is 14.3. The Hall–Kier alpha value is -3.42. The van der Waals surface area contributed by atoms with Crippen LogP contribution in [0, 0.1) is 12.3 Å². The van der Waals surface area contributed by atoms with Gasteiger partial charge in [-0.1, -0.05) is 24.3 Å². The summed E-state index contributed by atoms with van der Waals surface area (Å²) in [5.41, 5.74) is 3.01. The minimum atomic E-state index is -0.748. The van der Waals surface area contributed by atoms with Crippen LogP contribution in [0.1, 0.15) is 26.5 Å². The number of nitrogens with zero attached hydrogens (tertiary/aromatic N) is 3. The van der Waals surface area contributed by atoms with Crippen LogP contribution in [-0.2, 0) is 9.53 Å². The van der Waals surface area contributed by atoms with E-state index in [4.69, 9.17) is 14.2 Å². The Bertz CT molecular complexity index is 1010. The molecule has 1 aromatic carbocycles. The number of carbonyl (C=O) groups is 1. The molecule has 0 aliphatic carbocycles. The molecule has 0 radical (unpaired) electrons. The highest BCUT2D eigenvalue weighted by Crippen LogP contribution is 2.28. The lowest BCUT2D eigenvalue weighted by Gasteiger charge is -2.21. The van der Waals surface area contributed by atoms with Gasteiger partial charge in [0.15, 0.2) is 5.82 Å². The first-order valence-corrected chi connectivity index (χ1v) is 9.69. The van der Waals surface area contributed by atoms with Crippen molar-refractivity contribution in [2.45, 2.75) is 27.7 Å². The molecule has 0 saturated heterocycles. The standard InChI is InChI=1S/C22H26N4O4/c1-6-29-21-24-19(25-26-21)16-9-7-15(8-10-16)17-11-12-18(23-14(17)2)30-13-22(3,4)20(27)28-5/h7-12H,6,13H2,1-5H3,(H,24,25,26). The molecule has 0 aliphatic rings. The zero-order chi connectivity index (χ0) is 21.7. The molecule has 8 nitrogen and oxygen atoms in total. The average molecular weight is 410 g/mol. The van der Waals surface area contributed by atoms with Crippen LogP contribution in [0.2, 0.25) is 0 Å². The number of benzene rings is 1. The number of rotatable bonds is 8. The lowest BCUT2D eigenvalue weighted by atomic mass is 9.95. The number of H-pyrrole nitrogens is 1. The predicted molar refractivity (Wildman–Crippen MR) is 112 cm³/mol. The van der Waals surface area contributed by atoms with E-state index < -0.39 is 5.41 Å². The summed E-state index contributed by atoms with van der Waals surface area (Å²) in [4.78, 5) is 20.6. The molecule has 0 saturated carbocycles. The Morgan fingerprint density at radius 1 is 1.03 bits per heavy atom. The van der Waals surface area contributed by atoms with Gasteiger partial charge in [0, 0.05) is 22.9 Å². The molecule has 3 aromatic rings. The van der Waals surface area contributed by atoms with Gasteiger partial charge in [0.25, 0.3) is 0 Å². The van der Waals surface area contributed by atoms with E-state index in [1.807, 2.05) is 44.2 Å². The summed E-state index contributed by atoms with van der Waals surface area (Å²) >= 11 is 0. The van der Waals surface area contributed by atoms with Gasteiger partial charge in [0.1, 0.15) is 6.61 Å². The minimum absolute atomic E-state index is 0.182. The number of methoxy groups -OCH3 is 1. The predicted octanol–water partition coefficient (Wildman–Crippen LogP) is 3.82. The summed E-state index contributed by atoms with van der Waals surface area (Å²) in [6.45, 7) is 8.05. The van der Waals surface area contributed by atoms with Crippen LogP contribution in [0.3, 0.4) is 0 Å². The molecule has 0 fully saturated rings. The van der Waals surface area contributed by atoms with E-state index in [2.05, 4.69) is 20.2 Å². The number of hydrogen-bond donors (Lipinski definition) is 1. The van der Waals surface area contributed by atoms with Gasteiger partial charge >= 0.3 is 12.0 Å². The second-order valence-electron chi connectivity index (χ2n) is 7.42. The number of aryl methyl sites for hydroxylation is 1. The van der Waals surface area contributed by atoms with E-state index >= 15 is 0 Å². The number of carbonyl (C=O) groups excluding carboxylic acids is 1. The summed E-state index contributed by atoms with van der Waals surface area (Å²) in [5.74, 6) is 0.794. The first-order valence-electron chi connectivity index (χ1n) is 9.69. The summed E-state index contributed by atoms with van der Waals surface area (Å²) in [5, 5.41) is 6.90. The third kappa shape index (κ3) is 4.76. The van der Waals surface area contributed by atoms with Crippen molar-refractivity contribution < 1.29 is 19.0 Å². The van der Waals surface area contributed by atoms with Gasteiger partial charge in [-0.05, 0) is 39.3 Å². The molecule has 0 spiro atoms. The van der Waals surface area contributed by atoms with Gasteiger partial charge in [0.05, 0.1) is 19.1 Å².